The van der Waals surface area contributed by atoms with Crippen LogP contribution in [0.25, 0.3) is 10.2 Å². The molecule has 3 rings (SSSR count). The molecule has 0 amide bonds. The van der Waals surface area contributed by atoms with Gasteiger partial charge in [-0.25, -0.2) is 9.97 Å². The minimum Gasteiger partial charge on any atom is -0.549 e. The highest BCUT2D eigenvalue weighted by Gasteiger charge is 2.20. The summed E-state index contributed by atoms with van der Waals surface area (Å²) < 4.78 is 0. The van der Waals surface area contributed by atoms with Crippen molar-refractivity contribution < 1.29 is 9.90 Å². The fraction of sp³-hybridized carbons (Fsp3) is 0.462. The molecular formula is C13H13N2O2S2-. The largest absolute Gasteiger partial charge is 0.549 e. The molecule has 0 N–H and O–H groups in total. The van der Waals surface area contributed by atoms with Gasteiger partial charge in [0.15, 0.2) is 0 Å². The smallest absolute Gasteiger partial charge is 0.128 e. The number of nitrogens with zero attached hydrogens (tertiary/aromatic N) is 2. The van der Waals surface area contributed by atoms with E-state index >= 15 is 0 Å². The first kappa shape index (κ1) is 12.9. The van der Waals surface area contributed by atoms with Gasteiger partial charge in [0.1, 0.15) is 15.7 Å². The molecule has 0 aromatic carbocycles. The van der Waals surface area contributed by atoms with E-state index < -0.39 is 5.97 Å². The van der Waals surface area contributed by atoms with Crippen LogP contribution in [-0.2, 0) is 17.6 Å². The van der Waals surface area contributed by atoms with E-state index in [1.807, 2.05) is 6.92 Å². The second-order valence-electron chi connectivity index (χ2n) is 4.63. The number of aromatic nitrogens is 2. The Morgan fingerprint density at radius 2 is 2.16 bits per heavy atom. The lowest BCUT2D eigenvalue weighted by molar-refractivity contribution is -0.301. The van der Waals surface area contributed by atoms with Crippen molar-refractivity contribution in [3.63, 3.8) is 0 Å². The molecule has 19 heavy (non-hydrogen) atoms. The Labute approximate surface area is 119 Å². The maximum absolute atomic E-state index is 10.6. The van der Waals surface area contributed by atoms with Crippen LogP contribution in [0, 0.1) is 6.92 Å². The van der Waals surface area contributed by atoms with E-state index in [9.17, 15) is 9.90 Å². The minimum absolute atomic E-state index is 0.0594. The van der Waals surface area contributed by atoms with Crippen molar-refractivity contribution in [3.8, 4) is 0 Å². The molecule has 6 heteroatoms. The van der Waals surface area contributed by atoms with Gasteiger partial charge in [0.2, 0.25) is 0 Å². The molecular weight excluding hydrogens is 280 g/mol. The molecule has 0 fully saturated rings. The van der Waals surface area contributed by atoms with Crippen LogP contribution in [0.1, 0.15) is 29.1 Å². The summed E-state index contributed by atoms with van der Waals surface area (Å²) in [5.41, 5.74) is 1.34. The van der Waals surface area contributed by atoms with Crippen molar-refractivity contribution in [2.75, 3.05) is 5.75 Å². The second kappa shape index (κ2) is 5.09. The van der Waals surface area contributed by atoms with Gasteiger partial charge in [-0.1, -0.05) is 11.8 Å². The van der Waals surface area contributed by atoms with E-state index in [1.54, 1.807) is 11.3 Å². The molecule has 2 heterocycles. The Kier molecular flexibility index (Phi) is 3.45. The number of aliphatic carboxylic acids is 1. The number of fused-ring (bicyclic) bond motifs is 3. The van der Waals surface area contributed by atoms with Gasteiger partial charge >= 0.3 is 0 Å². The first-order chi connectivity index (χ1) is 9.15. The lowest BCUT2D eigenvalue weighted by Gasteiger charge is -2.11. The maximum atomic E-state index is 10.6. The predicted octanol–water partition coefficient (Wildman–Crippen LogP) is 1.72. The van der Waals surface area contributed by atoms with Crippen molar-refractivity contribution in [2.24, 2.45) is 0 Å². The molecule has 0 bridgehead atoms. The van der Waals surface area contributed by atoms with Crippen LogP contribution in [0.4, 0.5) is 0 Å². The molecule has 4 nitrogen and oxygen atoms in total. The number of carboxylic acids is 1. The van der Waals surface area contributed by atoms with Gasteiger partial charge in [-0.05, 0) is 38.2 Å². The average molecular weight is 293 g/mol. The molecule has 2 aromatic rings. The summed E-state index contributed by atoms with van der Waals surface area (Å²) in [4.78, 5) is 22.0. The molecule has 1 aliphatic rings. The molecule has 0 aliphatic heterocycles. The number of hydrogen-bond acceptors (Lipinski definition) is 6. The molecule has 0 saturated carbocycles. The monoisotopic (exact) mass is 293 g/mol. The zero-order valence-electron chi connectivity index (χ0n) is 10.6. The third kappa shape index (κ3) is 2.47. The SMILES string of the molecule is Cc1nc(SCC(=O)[O-])c2c3c(sc2n1)CCCC3. The average Bonchev–Trinajstić information content (AvgIpc) is 2.73. The lowest BCUT2D eigenvalue weighted by Crippen LogP contribution is -2.24. The number of carbonyl (C=O) groups excluding carboxylic acids is 1. The van der Waals surface area contributed by atoms with Gasteiger partial charge in [0, 0.05) is 16.0 Å². The zero-order valence-corrected chi connectivity index (χ0v) is 12.2. The summed E-state index contributed by atoms with van der Waals surface area (Å²) in [6, 6.07) is 0. The van der Waals surface area contributed by atoms with Crippen LogP contribution >= 0.6 is 23.1 Å². The van der Waals surface area contributed by atoms with E-state index in [-0.39, 0.29) is 5.75 Å². The Balaban J connectivity index is 2.13. The first-order valence-electron chi connectivity index (χ1n) is 6.26. The first-order valence-corrected chi connectivity index (χ1v) is 8.07. The molecule has 0 saturated heterocycles. The molecule has 1 aliphatic carbocycles. The summed E-state index contributed by atoms with van der Waals surface area (Å²) in [6.07, 6.45) is 4.59. The van der Waals surface area contributed by atoms with E-state index in [0.29, 0.717) is 5.82 Å². The van der Waals surface area contributed by atoms with Crippen molar-refractivity contribution in [2.45, 2.75) is 37.6 Å². The Morgan fingerprint density at radius 3 is 2.95 bits per heavy atom. The normalized spacial score (nSPS) is 14.6. The van der Waals surface area contributed by atoms with Gasteiger partial charge in [0.25, 0.3) is 0 Å². The summed E-state index contributed by atoms with van der Waals surface area (Å²) >= 11 is 2.98. The highest BCUT2D eigenvalue weighted by Crippen LogP contribution is 2.39. The summed E-state index contributed by atoms with van der Waals surface area (Å²) in [5.74, 6) is -0.415. The van der Waals surface area contributed by atoms with E-state index in [2.05, 4.69) is 9.97 Å². The topological polar surface area (TPSA) is 65.9 Å². The maximum Gasteiger partial charge on any atom is 0.128 e. The van der Waals surface area contributed by atoms with E-state index in [4.69, 9.17) is 0 Å². The van der Waals surface area contributed by atoms with Crippen LogP contribution in [0.2, 0.25) is 0 Å². The van der Waals surface area contributed by atoms with E-state index in [0.717, 1.165) is 28.1 Å². The number of thioether (sulfide) groups is 1. The fourth-order valence-corrected chi connectivity index (χ4v) is 4.64. The highest BCUT2D eigenvalue weighted by molar-refractivity contribution is 8.00. The third-order valence-electron chi connectivity index (χ3n) is 3.22. The Bertz CT molecular complexity index is 652. The fourth-order valence-electron chi connectivity index (χ4n) is 2.46. The standard InChI is InChI=1S/C13H14N2O2S2/c1-7-14-12(18-6-10(16)17)11-8-4-2-3-5-9(8)19-13(11)15-7/h2-6H2,1H3,(H,16,17)/p-1. The van der Waals surface area contributed by atoms with Gasteiger partial charge in [-0.3, -0.25) is 0 Å². The number of carbonyl (C=O) groups is 1. The lowest BCUT2D eigenvalue weighted by atomic mass is 9.97. The predicted molar refractivity (Wildman–Crippen MR) is 74.5 cm³/mol. The quantitative estimate of drug-likeness (QED) is 0.637. The molecule has 0 radical (unpaired) electrons. The van der Waals surface area contributed by atoms with Crippen molar-refractivity contribution in [1.82, 2.24) is 9.97 Å². The molecule has 0 unspecified atom stereocenters. The highest BCUT2D eigenvalue weighted by atomic mass is 32.2. The second-order valence-corrected chi connectivity index (χ2v) is 6.68. The number of carboxylic acid groups (broad SMARTS) is 1. The molecule has 100 valence electrons. The summed E-state index contributed by atoms with van der Waals surface area (Å²) in [7, 11) is 0. The van der Waals surface area contributed by atoms with Crippen molar-refractivity contribution in [3.05, 3.63) is 16.3 Å². The third-order valence-corrected chi connectivity index (χ3v) is 5.35. The number of thiophene rings is 1. The van der Waals surface area contributed by atoms with Crippen LogP contribution in [0.5, 0.6) is 0 Å². The minimum atomic E-state index is -1.06. The van der Waals surface area contributed by atoms with Crippen LogP contribution in [-0.4, -0.2) is 21.7 Å². The van der Waals surface area contributed by atoms with Gasteiger partial charge in [-0.2, -0.15) is 0 Å². The van der Waals surface area contributed by atoms with Gasteiger partial charge < -0.3 is 9.90 Å². The zero-order chi connectivity index (χ0) is 13.4. The summed E-state index contributed by atoms with van der Waals surface area (Å²) in [6.45, 7) is 1.85. The molecule has 0 atom stereocenters. The Hall–Kier alpha value is -1.14. The van der Waals surface area contributed by atoms with E-state index in [1.165, 1.54) is 35.0 Å². The molecule has 2 aromatic heterocycles. The summed E-state index contributed by atoms with van der Waals surface area (Å²) in [5, 5.41) is 12.5. The number of hydrogen-bond donors (Lipinski definition) is 0. The van der Waals surface area contributed by atoms with Crippen LogP contribution in [0.3, 0.4) is 0 Å². The van der Waals surface area contributed by atoms with Crippen LogP contribution in [0.15, 0.2) is 5.03 Å². The van der Waals surface area contributed by atoms with Crippen molar-refractivity contribution in [1.29, 1.82) is 0 Å². The number of rotatable bonds is 3. The van der Waals surface area contributed by atoms with Crippen LogP contribution < -0.4 is 5.11 Å². The number of aryl methyl sites for hydroxylation is 3. The molecule has 0 spiro atoms. The van der Waals surface area contributed by atoms with Gasteiger partial charge in [0.05, 0.1) is 5.97 Å². The van der Waals surface area contributed by atoms with Crippen molar-refractivity contribution >= 4 is 39.3 Å². The van der Waals surface area contributed by atoms with Gasteiger partial charge in [-0.15, -0.1) is 11.3 Å². The Morgan fingerprint density at radius 1 is 1.37 bits per heavy atom.